The molecule has 0 saturated carbocycles. The minimum Gasteiger partial charge on any atom is -0.354 e. The van der Waals surface area contributed by atoms with Gasteiger partial charge in [-0.15, -0.1) is 0 Å². The number of nitrogens with zero attached hydrogens (tertiary/aromatic N) is 3. The standard InChI is InChI=1S/C14H23ClN4/c1-3-18(4-2)12-5-6-19(10-12)14-13(15)7-11(8-16)9-17-14/h7,9,12H,3-6,8,10,16H2,1-2H3. The Labute approximate surface area is 120 Å². The molecule has 2 heterocycles. The summed E-state index contributed by atoms with van der Waals surface area (Å²) in [6.45, 7) is 9.15. The summed E-state index contributed by atoms with van der Waals surface area (Å²) in [6.07, 6.45) is 3.00. The van der Waals surface area contributed by atoms with Crippen LogP contribution in [0.25, 0.3) is 0 Å². The summed E-state index contributed by atoms with van der Waals surface area (Å²) in [5.41, 5.74) is 6.58. The zero-order valence-electron chi connectivity index (χ0n) is 11.8. The first-order chi connectivity index (χ1) is 9.19. The van der Waals surface area contributed by atoms with Gasteiger partial charge in [-0.2, -0.15) is 0 Å². The van der Waals surface area contributed by atoms with Crippen molar-refractivity contribution in [2.24, 2.45) is 5.73 Å². The van der Waals surface area contributed by atoms with Crippen LogP contribution in [0.15, 0.2) is 12.3 Å². The van der Waals surface area contributed by atoms with Crippen LogP contribution < -0.4 is 10.6 Å². The van der Waals surface area contributed by atoms with E-state index in [0.717, 1.165) is 37.6 Å². The van der Waals surface area contributed by atoms with Crippen molar-refractivity contribution in [3.05, 3.63) is 22.8 Å². The molecule has 1 aliphatic rings. The number of likely N-dealkylation sites (N-methyl/N-ethyl adjacent to an activating group) is 1. The molecule has 0 amide bonds. The molecule has 19 heavy (non-hydrogen) atoms. The lowest BCUT2D eigenvalue weighted by atomic mass is 10.2. The van der Waals surface area contributed by atoms with Gasteiger partial charge in [0.05, 0.1) is 5.02 Å². The SMILES string of the molecule is CCN(CC)C1CCN(c2ncc(CN)cc2Cl)C1. The highest BCUT2D eigenvalue weighted by Gasteiger charge is 2.27. The Hall–Kier alpha value is -0.840. The van der Waals surface area contributed by atoms with Gasteiger partial charge in [-0.3, -0.25) is 4.90 Å². The van der Waals surface area contributed by atoms with E-state index in [2.05, 4.69) is 28.6 Å². The van der Waals surface area contributed by atoms with Crippen molar-refractivity contribution in [1.29, 1.82) is 0 Å². The van der Waals surface area contributed by atoms with E-state index in [1.165, 1.54) is 6.42 Å². The highest BCUT2D eigenvalue weighted by Crippen LogP contribution is 2.28. The maximum absolute atomic E-state index is 6.31. The molecule has 0 spiro atoms. The van der Waals surface area contributed by atoms with Crippen molar-refractivity contribution in [2.75, 3.05) is 31.1 Å². The number of rotatable bonds is 5. The van der Waals surface area contributed by atoms with Gasteiger partial charge in [0.25, 0.3) is 0 Å². The molecule has 4 nitrogen and oxygen atoms in total. The zero-order chi connectivity index (χ0) is 13.8. The van der Waals surface area contributed by atoms with Crippen LogP contribution in [0, 0.1) is 0 Å². The summed E-state index contributed by atoms with van der Waals surface area (Å²) in [4.78, 5) is 9.26. The van der Waals surface area contributed by atoms with E-state index in [0.29, 0.717) is 17.6 Å². The molecule has 0 aliphatic carbocycles. The molecule has 0 radical (unpaired) electrons. The first-order valence-electron chi connectivity index (χ1n) is 7.03. The van der Waals surface area contributed by atoms with E-state index >= 15 is 0 Å². The Balaban J connectivity index is 2.08. The normalized spacial score (nSPS) is 19.4. The summed E-state index contributed by atoms with van der Waals surface area (Å²) in [5.74, 6) is 0.897. The molecule has 1 aliphatic heterocycles. The molecular formula is C14H23ClN4. The number of hydrogen-bond acceptors (Lipinski definition) is 4. The molecule has 0 bridgehead atoms. The van der Waals surface area contributed by atoms with Crippen LogP contribution in [0.5, 0.6) is 0 Å². The number of aromatic nitrogens is 1. The van der Waals surface area contributed by atoms with Crippen LogP contribution in [-0.4, -0.2) is 42.1 Å². The second kappa shape index (κ2) is 6.55. The van der Waals surface area contributed by atoms with E-state index in [4.69, 9.17) is 17.3 Å². The third-order valence-corrected chi connectivity index (χ3v) is 4.18. The predicted molar refractivity (Wildman–Crippen MR) is 80.7 cm³/mol. The van der Waals surface area contributed by atoms with E-state index in [1.54, 1.807) is 0 Å². The molecule has 5 heteroatoms. The molecule has 2 rings (SSSR count). The van der Waals surface area contributed by atoms with Crippen LogP contribution in [0.3, 0.4) is 0 Å². The first-order valence-corrected chi connectivity index (χ1v) is 7.40. The average molecular weight is 283 g/mol. The zero-order valence-corrected chi connectivity index (χ0v) is 12.5. The van der Waals surface area contributed by atoms with Gasteiger partial charge in [-0.25, -0.2) is 4.98 Å². The molecule has 1 aromatic rings. The molecule has 1 atom stereocenters. The summed E-state index contributed by atoms with van der Waals surface area (Å²) in [6, 6.07) is 2.54. The predicted octanol–water partition coefficient (Wildman–Crippen LogP) is 2.11. The van der Waals surface area contributed by atoms with Crippen LogP contribution in [0.2, 0.25) is 5.02 Å². The van der Waals surface area contributed by atoms with Gasteiger partial charge in [0, 0.05) is 31.9 Å². The van der Waals surface area contributed by atoms with Crippen molar-refractivity contribution in [2.45, 2.75) is 32.9 Å². The van der Waals surface area contributed by atoms with E-state index in [9.17, 15) is 0 Å². The third-order valence-electron chi connectivity index (χ3n) is 3.91. The Bertz CT molecular complexity index is 420. The lowest BCUT2D eigenvalue weighted by Crippen LogP contribution is -2.37. The smallest absolute Gasteiger partial charge is 0.147 e. The van der Waals surface area contributed by atoms with E-state index in [1.807, 2.05) is 12.3 Å². The topological polar surface area (TPSA) is 45.4 Å². The quantitative estimate of drug-likeness (QED) is 0.898. The molecular weight excluding hydrogens is 260 g/mol. The van der Waals surface area contributed by atoms with Gasteiger partial charge < -0.3 is 10.6 Å². The number of anilines is 1. The van der Waals surface area contributed by atoms with Crippen LogP contribution in [0.1, 0.15) is 25.8 Å². The van der Waals surface area contributed by atoms with Crippen molar-refractivity contribution in [3.63, 3.8) is 0 Å². The highest BCUT2D eigenvalue weighted by molar-refractivity contribution is 6.33. The van der Waals surface area contributed by atoms with Gasteiger partial charge in [0.15, 0.2) is 0 Å². The second-order valence-electron chi connectivity index (χ2n) is 4.96. The summed E-state index contributed by atoms with van der Waals surface area (Å²) in [7, 11) is 0. The molecule has 1 unspecified atom stereocenters. The van der Waals surface area contributed by atoms with Crippen LogP contribution in [-0.2, 0) is 6.54 Å². The van der Waals surface area contributed by atoms with E-state index < -0.39 is 0 Å². The number of hydrogen-bond donors (Lipinski definition) is 1. The fourth-order valence-corrected chi connectivity index (χ4v) is 3.10. The lowest BCUT2D eigenvalue weighted by molar-refractivity contribution is 0.232. The van der Waals surface area contributed by atoms with Gasteiger partial charge in [0.2, 0.25) is 0 Å². The minimum absolute atomic E-state index is 0.481. The average Bonchev–Trinajstić information content (AvgIpc) is 2.89. The maximum atomic E-state index is 6.31. The Morgan fingerprint density at radius 3 is 2.79 bits per heavy atom. The minimum atomic E-state index is 0.481. The largest absolute Gasteiger partial charge is 0.354 e. The third kappa shape index (κ3) is 3.19. The van der Waals surface area contributed by atoms with Gasteiger partial charge in [0.1, 0.15) is 5.82 Å². The summed E-state index contributed by atoms with van der Waals surface area (Å²) < 4.78 is 0. The Morgan fingerprint density at radius 2 is 2.21 bits per heavy atom. The maximum Gasteiger partial charge on any atom is 0.147 e. The van der Waals surface area contributed by atoms with Gasteiger partial charge in [-0.1, -0.05) is 25.4 Å². The second-order valence-corrected chi connectivity index (χ2v) is 5.37. The van der Waals surface area contributed by atoms with Gasteiger partial charge >= 0.3 is 0 Å². The van der Waals surface area contributed by atoms with Gasteiger partial charge in [-0.05, 0) is 31.1 Å². The van der Waals surface area contributed by atoms with Crippen molar-refractivity contribution in [3.8, 4) is 0 Å². The number of nitrogens with two attached hydrogens (primary N) is 1. The monoisotopic (exact) mass is 282 g/mol. The Morgan fingerprint density at radius 1 is 1.47 bits per heavy atom. The lowest BCUT2D eigenvalue weighted by Gasteiger charge is -2.26. The number of pyridine rings is 1. The number of halogens is 1. The Kier molecular flexibility index (Phi) is 5.02. The molecule has 1 fully saturated rings. The summed E-state index contributed by atoms with van der Waals surface area (Å²) >= 11 is 6.31. The molecule has 1 saturated heterocycles. The molecule has 106 valence electrons. The van der Waals surface area contributed by atoms with Crippen molar-refractivity contribution in [1.82, 2.24) is 9.88 Å². The fourth-order valence-electron chi connectivity index (χ4n) is 2.79. The van der Waals surface area contributed by atoms with Crippen LogP contribution in [0.4, 0.5) is 5.82 Å². The first kappa shape index (κ1) is 14.6. The molecule has 2 N–H and O–H groups in total. The summed E-state index contributed by atoms with van der Waals surface area (Å²) in [5, 5.41) is 0.711. The van der Waals surface area contributed by atoms with Crippen LogP contribution >= 0.6 is 11.6 Å². The van der Waals surface area contributed by atoms with Crippen molar-refractivity contribution < 1.29 is 0 Å². The van der Waals surface area contributed by atoms with Crippen molar-refractivity contribution >= 4 is 17.4 Å². The molecule has 0 aromatic carbocycles. The molecule has 1 aromatic heterocycles. The highest BCUT2D eigenvalue weighted by atomic mass is 35.5. The fraction of sp³-hybridized carbons (Fsp3) is 0.643. The van der Waals surface area contributed by atoms with E-state index in [-0.39, 0.29) is 0 Å².